The molecule has 0 aliphatic rings. The number of carbonyl (C=O) groups excluding carboxylic acids is 1. The average molecular weight is 295 g/mol. The predicted octanol–water partition coefficient (Wildman–Crippen LogP) is 3.56. The Morgan fingerprint density at radius 1 is 1.42 bits per heavy atom. The Balaban J connectivity index is 2.20. The Labute approximate surface area is 121 Å². The molecule has 1 aromatic heterocycles. The van der Waals surface area contributed by atoms with Gasteiger partial charge in [-0.2, -0.15) is 0 Å². The molecule has 100 valence electrons. The number of rotatable bonds is 3. The molecule has 2 N–H and O–H groups in total. The number of carbonyl (C=O) groups is 1. The van der Waals surface area contributed by atoms with Crippen LogP contribution in [0.4, 0.5) is 5.69 Å². The number of anilines is 1. The molecule has 1 aromatic carbocycles. The lowest BCUT2D eigenvalue weighted by molar-refractivity contribution is 0.0786. The van der Waals surface area contributed by atoms with E-state index in [-0.39, 0.29) is 5.91 Å². The van der Waals surface area contributed by atoms with Crippen molar-refractivity contribution in [1.82, 2.24) is 4.90 Å². The minimum atomic E-state index is -0.120. The summed E-state index contributed by atoms with van der Waals surface area (Å²) in [4.78, 5) is 15.2. The molecule has 0 saturated carbocycles. The summed E-state index contributed by atoms with van der Waals surface area (Å²) in [6, 6.07) is 7.16. The first-order valence-corrected chi connectivity index (χ1v) is 7.09. The van der Waals surface area contributed by atoms with Gasteiger partial charge in [-0.15, -0.1) is 11.3 Å². The van der Waals surface area contributed by atoms with Crippen LogP contribution in [0.3, 0.4) is 0 Å². The second-order valence-corrected chi connectivity index (χ2v) is 5.78. The maximum atomic E-state index is 12.3. The number of hydrogen-bond acceptors (Lipinski definition) is 3. The number of nitrogen functional groups attached to an aromatic ring is 1. The van der Waals surface area contributed by atoms with Crippen LogP contribution in [-0.2, 0) is 6.54 Å². The number of aryl methyl sites for hydroxylation is 1. The highest BCUT2D eigenvalue weighted by Crippen LogP contribution is 2.25. The van der Waals surface area contributed by atoms with Crippen LogP contribution in [0, 0.1) is 6.92 Å². The highest BCUT2D eigenvalue weighted by atomic mass is 35.5. The first-order chi connectivity index (χ1) is 9.00. The summed E-state index contributed by atoms with van der Waals surface area (Å²) >= 11 is 7.72. The molecule has 0 spiro atoms. The summed E-state index contributed by atoms with van der Waals surface area (Å²) in [5.41, 5.74) is 7.78. The monoisotopic (exact) mass is 294 g/mol. The van der Waals surface area contributed by atoms with E-state index in [1.54, 1.807) is 41.5 Å². The molecule has 2 rings (SSSR count). The number of thiophene rings is 1. The van der Waals surface area contributed by atoms with Crippen molar-refractivity contribution in [3.63, 3.8) is 0 Å². The summed E-state index contributed by atoms with van der Waals surface area (Å²) in [6.07, 6.45) is 0. The van der Waals surface area contributed by atoms with Gasteiger partial charge in [-0.25, -0.2) is 0 Å². The van der Waals surface area contributed by atoms with Gasteiger partial charge in [0, 0.05) is 11.9 Å². The fourth-order valence-electron chi connectivity index (χ4n) is 1.77. The van der Waals surface area contributed by atoms with Gasteiger partial charge in [0.25, 0.3) is 5.91 Å². The van der Waals surface area contributed by atoms with E-state index in [0.29, 0.717) is 22.8 Å². The summed E-state index contributed by atoms with van der Waals surface area (Å²) in [6.45, 7) is 2.62. The van der Waals surface area contributed by atoms with E-state index >= 15 is 0 Å². The van der Waals surface area contributed by atoms with Crippen LogP contribution in [0.25, 0.3) is 0 Å². The van der Waals surface area contributed by atoms with E-state index in [0.717, 1.165) is 0 Å². The summed E-state index contributed by atoms with van der Waals surface area (Å²) in [5, 5.41) is 2.35. The molecular weight excluding hydrogens is 280 g/mol. The summed E-state index contributed by atoms with van der Waals surface area (Å²) in [7, 11) is 1.76. The van der Waals surface area contributed by atoms with Crippen molar-refractivity contribution in [3.05, 3.63) is 50.7 Å². The number of nitrogens with two attached hydrogens (primary N) is 1. The molecule has 0 fully saturated rings. The lowest BCUT2D eigenvalue weighted by Gasteiger charge is -2.18. The molecule has 3 nitrogen and oxygen atoms in total. The normalized spacial score (nSPS) is 10.5. The molecule has 19 heavy (non-hydrogen) atoms. The zero-order valence-electron chi connectivity index (χ0n) is 10.8. The molecule has 0 unspecified atom stereocenters. The van der Waals surface area contributed by atoms with E-state index in [9.17, 15) is 4.79 Å². The van der Waals surface area contributed by atoms with Gasteiger partial charge >= 0.3 is 0 Å². The Hall–Kier alpha value is -1.52. The van der Waals surface area contributed by atoms with Crippen molar-refractivity contribution in [2.45, 2.75) is 13.5 Å². The smallest absolute Gasteiger partial charge is 0.255 e. The quantitative estimate of drug-likeness (QED) is 0.880. The minimum absolute atomic E-state index is 0.120. The number of hydrogen-bond donors (Lipinski definition) is 1. The van der Waals surface area contributed by atoms with Crippen molar-refractivity contribution in [2.24, 2.45) is 0 Å². The zero-order valence-corrected chi connectivity index (χ0v) is 12.4. The van der Waals surface area contributed by atoms with Crippen LogP contribution < -0.4 is 5.73 Å². The van der Waals surface area contributed by atoms with Crippen LogP contribution in [0.2, 0.25) is 5.02 Å². The summed E-state index contributed by atoms with van der Waals surface area (Å²) < 4.78 is 0. The Morgan fingerprint density at radius 2 is 2.16 bits per heavy atom. The third kappa shape index (κ3) is 2.91. The number of halogens is 1. The fraction of sp³-hybridized carbons (Fsp3) is 0.214. The number of nitrogens with zero attached hydrogens (tertiary/aromatic N) is 1. The molecule has 0 saturated heterocycles. The molecule has 0 atom stereocenters. The van der Waals surface area contributed by atoms with E-state index in [2.05, 4.69) is 0 Å². The first-order valence-electron chi connectivity index (χ1n) is 5.83. The van der Waals surface area contributed by atoms with Crippen LogP contribution in [0.15, 0.2) is 29.6 Å². The van der Waals surface area contributed by atoms with Gasteiger partial charge in [0.15, 0.2) is 0 Å². The maximum absolute atomic E-state index is 12.3. The Bertz CT molecular complexity index is 609. The zero-order chi connectivity index (χ0) is 14.0. The second-order valence-electron chi connectivity index (χ2n) is 4.40. The fourth-order valence-corrected chi connectivity index (χ4v) is 2.94. The maximum Gasteiger partial charge on any atom is 0.255 e. The molecule has 1 heterocycles. The van der Waals surface area contributed by atoms with E-state index in [1.165, 1.54) is 10.4 Å². The molecule has 1 amide bonds. The Kier molecular flexibility index (Phi) is 4.12. The van der Waals surface area contributed by atoms with Gasteiger partial charge in [-0.3, -0.25) is 4.79 Å². The van der Waals surface area contributed by atoms with Crippen LogP contribution >= 0.6 is 22.9 Å². The Morgan fingerprint density at radius 3 is 2.79 bits per heavy atom. The van der Waals surface area contributed by atoms with Crippen molar-refractivity contribution in [1.29, 1.82) is 0 Å². The highest BCUT2D eigenvalue weighted by Gasteiger charge is 2.17. The van der Waals surface area contributed by atoms with Crippen LogP contribution in [-0.4, -0.2) is 17.9 Å². The first kappa shape index (κ1) is 13.9. The minimum Gasteiger partial charge on any atom is -0.398 e. The highest BCUT2D eigenvalue weighted by molar-refractivity contribution is 7.10. The molecule has 0 aliphatic heterocycles. The third-order valence-electron chi connectivity index (χ3n) is 2.95. The molecule has 0 bridgehead atoms. The van der Waals surface area contributed by atoms with Crippen LogP contribution in [0.5, 0.6) is 0 Å². The van der Waals surface area contributed by atoms with Gasteiger partial charge < -0.3 is 10.6 Å². The average Bonchev–Trinajstić information content (AvgIpc) is 2.77. The van der Waals surface area contributed by atoms with Gasteiger partial charge in [0.2, 0.25) is 0 Å². The van der Waals surface area contributed by atoms with Crippen molar-refractivity contribution < 1.29 is 4.79 Å². The van der Waals surface area contributed by atoms with E-state index < -0.39 is 0 Å². The van der Waals surface area contributed by atoms with Crippen LogP contribution in [0.1, 0.15) is 20.8 Å². The molecular formula is C14H15ClN2OS. The summed E-state index contributed by atoms with van der Waals surface area (Å²) in [5.74, 6) is -0.120. The molecule has 0 aliphatic carbocycles. The third-order valence-corrected chi connectivity index (χ3v) is 4.38. The SMILES string of the molecule is Cc1ccsc1CN(C)C(=O)c1cccc(N)c1Cl. The number of amides is 1. The number of benzene rings is 1. The van der Waals surface area contributed by atoms with Crippen molar-refractivity contribution >= 4 is 34.5 Å². The van der Waals surface area contributed by atoms with Gasteiger partial charge in [-0.05, 0) is 36.1 Å². The molecule has 0 radical (unpaired) electrons. The predicted molar refractivity (Wildman–Crippen MR) is 80.7 cm³/mol. The van der Waals surface area contributed by atoms with Gasteiger partial charge in [0.05, 0.1) is 22.8 Å². The van der Waals surface area contributed by atoms with Crippen molar-refractivity contribution in [2.75, 3.05) is 12.8 Å². The van der Waals surface area contributed by atoms with Gasteiger partial charge in [-0.1, -0.05) is 17.7 Å². The second kappa shape index (κ2) is 5.63. The molecule has 2 aromatic rings. The lowest BCUT2D eigenvalue weighted by Crippen LogP contribution is -2.26. The van der Waals surface area contributed by atoms with Crippen molar-refractivity contribution in [3.8, 4) is 0 Å². The van der Waals surface area contributed by atoms with Gasteiger partial charge in [0.1, 0.15) is 0 Å². The lowest BCUT2D eigenvalue weighted by atomic mass is 10.1. The topological polar surface area (TPSA) is 46.3 Å². The standard InChI is InChI=1S/C14H15ClN2OS/c1-9-6-7-19-12(9)8-17(2)14(18)10-4-3-5-11(16)13(10)15/h3-7H,8,16H2,1-2H3. The van der Waals surface area contributed by atoms with E-state index in [1.807, 2.05) is 18.4 Å². The van der Waals surface area contributed by atoms with E-state index in [4.69, 9.17) is 17.3 Å². The molecule has 5 heteroatoms. The largest absolute Gasteiger partial charge is 0.398 e.